The summed E-state index contributed by atoms with van der Waals surface area (Å²) in [7, 11) is 0. The van der Waals surface area contributed by atoms with Crippen LogP contribution in [0.4, 0.5) is 5.69 Å². The number of para-hydroxylation sites is 1. The molecule has 1 aliphatic rings. The van der Waals surface area contributed by atoms with Crippen LogP contribution in [0.3, 0.4) is 0 Å². The molecule has 5 nitrogen and oxygen atoms in total. The maximum Gasteiger partial charge on any atom is 0.0849 e. The zero-order valence-electron chi connectivity index (χ0n) is 18.7. The molecule has 0 spiro atoms. The van der Waals surface area contributed by atoms with Crippen molar-refractivity contribution >= 4 is 17.1 Å². The molecule has 5 heteroatoms. The van der Waals surface area contributed by atoms with Crippen LogP contribution in [0.25, 0.3) is 11.4 Å². The van der Waals surface area contributed by atoms with Gasteiger partial charge in [0.15, 0.2) is 0 Å². The third-order valence-electron chi connectivity index (χ3n) is 5.50. The van der Waals surface area contributed by atoms with Crippen LogP contribution < -0.4 is 21.8 Å². The maximum absolute atomic E-state index is 6.76. The van der Waals surface area contributed by atoms with Crippen molar-refractivity contribution in [2.75, 3.05) is 11.4 Å². The van der Waals surface area contributed by atoms with Crippen LogP contribution >= 0.6 is 0 Å². The quantitative estimate of drug-likeness (QED) is 0.474. The van der Waals surface area contributed by atoms with Gasteiger partial charge in [0, 0.05) is 42.0 Å². The number of anilines is 1. The molecule has 0 aromatic heterocycles. The number of nitrogens with zero attached hydrogens (tertiary/aromatic N) is 2. The Bertz CT molecular complexity index is 929. The second kappa shape index (κ2) is 9.37. The molecule has 2 aromatic rings. The smallest absolute Gasteiger partial charge is 0.0849 e. The first-order valence-corrected chi connectivity index (χ1v) is 10.7. The van der Waals surface area contributed by atoms with Gasteiger partial charge in [-0.15, -0.1) is 0 Å². The minimum Gasteiger partial charge on any atom is -0.396 e. The Morgan fingerprint density at radius 2 is 1.70 bits per heavy atom. The molecule has 0 unspecified atom stereocenters. The fourth-order valence-electron chi connectivity index (χ4n) is 3.82. The van der Waals surface area contributed by atoms with E-state index in [1.807, 2.05) is 12.1 Å². The van der Waals surface area contributed by atoms with E-state index < -0.39 is 0 Å². The number of nitrogens with one attached hydrogen (secondary N) is 1. The predicted molar refractivity (Wildman–Crippen MR) is 128 cm³/mol. The molecule has 0 saturated carbocycles. The molecule has 0 aliphatic carbocycles. The second-order valence-corrected chi connectivity index (χ2v) is 8.45. The summed E-state index contributed by atoms with van der Waals surface area (Å²) in [6.07, 6.45) is 0.861. The lowest BCUT2D eigenvalue weighted by molar-refractivity contribution is 0.343. The number of hydrazine groups is 1. The van der Waals surface area contributed by atoms with Crippen molar-refractivity contribution in [2.45, 2.75) is 52.7 Å². The van der Waals surface area contributed by atoms with Crippen LogP contribution in [0, 0.1) is 0 Å². The maximum atomic E-state index is 6.76. The highest BCUT2D eigenvalue weighted by Gasteiger charge is 2.26. The molecule has 5 N–H and O–H groups in total. The van der Waals surface area contributed by atoms with Crippen molar-refractivity contribution in [1.29, 1.82) is 0 Å². The number of nitrogens with two attached hydrogens (primary N) is 2. The highest BCUT2D eigenvalue weighted by atomic mass is 15.4. The van der Waals surface area contributed by atoms with Gasteiger partial charge in [-0.2, -0.15) is 0 Å². The summed E-state index contributed by atoms with van der Waals surface area (Å²) in [6, 6.07) is 17.2. The number of hydrogen-bond donors (Lipinski definition) is 3. The van der Waals surface area contributed by atoms with Crippen molar-refractivity contribution in [3.05, 3.63) is 77.5 Å². The van der Waals surface area contributed by atoms with Gasteiger partial charge in [-0.05, 0) is 31.9 Å². The molecule has 0 atom stereocenters. The molecule has 0 fully saturated rings. The Labute approximate surface area is 181 Å². The first-order chi connectivity index (χ1) is 14.3. The molecule has 3 rings (SSSR count). The van der Waals surface area contributed by atoms with Gasteiger partial charge in [-0.1, -0.05) is 62.9 Å². The average molecular weight is 406 g/mol. The fourth-order valence-corrected chi connectivity index (χ4v) is 3.82. The van der Waals surface area contributed by atoms with Gasteiger partial charge >= 0.3 is 0 Å². The van der Waals surface area contributed by atoms with E-state index in [2.05, 4.69) is 80.9 Å². The summed E-state index contributed by atoms with van der Waals surface area (Å²) in [5, 5.41) is 5.27. The Morgan fingerprint density at radius 3 is 2.37 bits per heavy atom. The summed E-state index contributed by atoms with van der Waals surface area (Å²) in [6.45, 7) is 14.5. The molecular weight excluding hydrogens is 370 g/mol. The summed E-state index contributed by atoms with van der Waals surface area (Å²) < 4.78 is 0. The van der Waals surface area contributed by atoms with E-state index in [0.717, 1.165) is 46.7 Å². The molecular formula is C25H35N5. The van der Waals surface area contributed by atoms with Crippen LogP contribution in [0.2, 0.25) is 0 Å². The van der Waals surface area contributed by atoms with Crippen molar-refractivity contribution in [2.24, 2.45) is 11.6 Å². The molecule has 1 aliphatic heterocycles. The Balaban J connectivity index is 2.16. The molecule has 160 valence electrons. The number of benzene rings is 2. The van der Waals surface area contributed by atoms with Gasteiger partial charge in [-0.25, -0.2) is 5.84 Å². The van der Waals surface area contributed by atoms with Crippen LogP contribution in [0.15, 0.2) is 60.8 Å². The average Bonchev–Trinajstić information content (AvgIpc) is 2.71. The van der Waals surface area contributed by atoms with E-state index in [0.29, 0.717) is 18.3 Å². The first-order valence-electron chi connectivity index (χ1n) is 10.7. The van der Waals surface area contributed by atoms with Crippen molar-refractivity contribution < 1.29 is 0 Å². The van der Waals surface area contributed by atoms with Gasteiger partial charge in [-0.3, -0.25) is 0 Å². The number of fused-ring (bicyclic) bond motifs is 2. The largest absolute Gasteiger partial charge is 0.396 e. The lowest BCUT2D eigenvalue weighted by Gasteiger charge is -2.36. The summed E-state index contributed by atoms with van der Waals surface area (Å²) >= 11 is 0. The summed E-state index contributed by atoms with van der Waals surface area (Å²) in [5.41, 5.74) is 13.7. The lowest BCUT2D eigenvalue weighted by Crippen LogP contribution is -2.38. The van der Waals surface area contributed by atoms with E-state index in [1.165, 1.54) is 0 Å². The second-order valence-electron chi connectivity index (χ2n) is 8.45. The van der Waals surface area contributed by atoms with E-state index in [1.54, 1.807) is 5.01 Å². The van der Waals surface area contributed by atoms with E-state index >= 15 is 0 Å². The van der Waals surface area contributed by atoms with Gasteiger partial charge in [0.05, 0.1) is 17.1 Å². The monoisotopic (exact) mass is 405 g/mol. The molecule has 0 bridgehead atoms. The number of rotatable bonds is 7. The van der Waals surface area contributed by atoms with E-state index in [-0.39, 0.29) is 6.04 Å². The topological polar surface area (TPSA) is 70.5 Å². The van der Waals surface area contributed by atoms with Crippen molar-refractivity contribution in [3.63, 3.8) is 0 Å². The van der Waals surface area contributed by atoms with Gasteiger partial charge in [0.1, 0.15) is 0 Å². The van der Waals surface area contributed by atoms with Crippen LogP contribution in [0.5, 0.6) is 0 Å². The molecule has 0 amide bonds. The fraction of sp³-hybridized carbons (Fsp3) is 0.360. The SMILES string of the molecule is C=C(CCNC(C)C)N1Cc2ccccc2/C(N)=C(/N(N)C(C)C)c2ccccc21. The molecule has 0 radical (unpaired) electrons. The van der Waals surface area contributed by atoms with Crippen LogP contribution in [-0.2, 0) is 6.54 Å². The Kier molecular flexibility index (Phi) is 6.85. The number of hydrogen-bond acceptors (Lipinski definition) is 5. The van der Waals surface area contributed by atoms with Crippen LogP contribution in [-0.4, -0.2) is 23.6 Å². The first kappa shape index (κ1) is 21.9. The van der Waals surface area contributed by atoms with E-state index in [4.69, 9.17) is 11.6 Å². The highest BCUT2D eigenvalue weighted by Crippen LogP contribution is 2.38. The van der Waals surface area contributed by atoms with Crippen molar-refractivity contribution in [1.82, 2.24) is 10.3 Å². The molecule has 1 heterocycles. The van der Waals surface area contributed by atoms with Gasteiger partial charge in [0.2, 0.25) is 0 Å². The highest BCUT2D eigenvalue weighted by molar-refractivity contribution is 5.94. The zero-order valence-corrected chi connectivity index (χ0v) is 18.7. The minimum atomic E-state index is 0.102. The summed E-state index contributed by atoms with van der Waals surface area (Å²) in [5.74, 6) is 6.55. The van der Waals surface area contributed by atoms with Gasteiger partial charge in [0.25, 0.3) is 0 Å². The third kappa shape index (κ3) is 4.53. The minimum absolute atomic E-state index is 0.102. The van der Waals surface area contributed by atoms with Gasteiger partial charge < -0.3 is 21.0 Å². The molecule has 30 heavy (non-hydrogen) atoms. The molecule has 0 saturated heterocycles. The Morgan fingerprint density at radius 1 is 1.07 bits per heavy atom. The van der Waals surface area contributed by atoms with Crippen LogP contribution in [0.1, 0.15) is 50.8 Å². The molecule has 2 aromatic carbocycles. The predicted octanol–water partition coefficient (Wildman–Crippen LogP) is 4.28. The summed E-state index contributed by atoms with van der Waals surface area (Å²) in [4.78, 5) is 2.30. The van der Waals surface area contributed by atoms with Crippen molar-refractivity contribution in [3.8, 4) is 0 Å². The normalized spacial score (nSPS) is 16.2. The Hall–Kier alpha value is -2.76. The third-order valence-corrected chi connectivity index (χ3v) is 5.50. The van der Waals surface area contributed by atoms with E-state index in [9.17, 15) is 0 Å². The zero-order chi connectivity index (χ0) is 21.8. The lowest BCUT2D eigenvalue weighted by atomic mass is 9.95. The standard InChI is InChI=1S/C25H35N5/c1-17(2)28-15-14-19(5)29-16-20-10-6-7-11-21(20)24(26)25(30(27)18(3)4)22-12-8-9-13-23(22)29/h6-13,17-18,28H,5,14-16,26-27H2,1-4H3/b25-24-.